The lowest BCUT2D eigenvalue weighted by Crippen LogP contribution is -2.43. The largest absolute Gasteiger partial charge is 0.496 e. The van der Waals surface area contributed by atoms with Crippen LogP contribution in [0.4, 0.5) is 0 Å². The van der Waals surface area contributed by atoms with Crippen LogP contribution < -0.4 is 37.3 Å². The second-order valence-corrected chi connectivity index (χ2v) is 19.0. The molecular formula is C49H60O11S. The number of carbonyl (C=O) groups excluding carboxylic acids is 1. The van der Waals surface area contributed by atoms with E-state index in [-0.39, 0.29) is 35.2 Å². The maximum absolute atomic E-state index is 14.4. The van der Waals surface area contributed by atoms with Crippen molar-refractivity contribution >= 4 is 15.9 Å². The smallest absolute Gasteiger partial charge is 0.310 e. The summed E-state index contributed by atoms with van der Waals surface area (Å²) in [5.41, 5.74) is 5.11. The van der Waals surface area contributed by atoms with Crippen LogP contribution in [0.5, 0.6) is 46.0 Å². The van der Waals surface area contributed by atoms with Gasteiger partial charge in [-0.15, -0.1) is 0 Å². The Morgan fingerprint density at radius 3 is 1.02 bits per heavy atom. The van der Waals surface area contributed by atoms with Gasteiger partial charge in [0.2, 0.25) is 0 Å². The minimum atomic E-state index is -4.32. The lowest BCUT2D eigenvalue weighted by molar-refractivity contribution is -0.128. The number of hydrogen-bond acceptors (Lipinski definition) is 11. The van der Waals surface area contributed by atoms with Gasteiger partial charge in [-0.3, -0.25) is 4.79 Å². The van der Waals surface area contributed by atoms with Crippen molar-refractivity contribution in [1.82, 2.24) is 0 Å². The summed E-state index contributed by atoms with van der Waals surface area (Å²) in [6.45, 7) is 12.3. The molecule has 3 aliphatic carbocycles. The minimum absolute atomic E-state index is 0.00298. The molecule has 0 N–H and O–H groups in total. The van der Waals surface area contributed by atoms with Gasteiger partial charge in [-0.2, -0.15) is 8.42 Å². The second kappa shape index (κ2) is 16.3. The summed E-state index contributed by atoms with van der Waals surface area (Å²) in [5, 5.41) is 0. The number of ketones is 1. The Morgan fingerprint density at radius 1 is 0.492 bits per heavy atom. The van der Waals surface area contributed by atoms with E-state index in [2.05, 4.69) is 39.0 Å². The van der Waals surface area contributed by atoms with E-state index in [4.69, 9.17) is 37.3 Å². The van der Waals surface area contributed by atoms with Crippen LogP contribution in [0, 0.1) is 16.7 Å². The van der Waals surface area contributed by atoms with Crippen LogP contribution in [0.3, 0.4) is 0 Å². The number of rotatable bonds is 11. The minimum Gasteiger partial charge on any atom is -0.496 e. The number of methoxy groups -OCH3 is 7. The maximum Gasteiger partial charge on any atom is 0.310 e. The van der Waals surface area contributed by atoms with Crippen molar-refractivity contribution in [2.45, 2.75) is 84.5 Å². The van der Waals surface area contributed by atoms with Gasteiger partial charge in [-0.25, -0.2) is 0 Å². The number of carbonyl (C=O) groups is 1. The van der Waals surface area contributed by atoms with Gasteiger partial charge < -0.3 is 37.3 Å². The molecule has 0 heterocycles. The number of benzene rings is 4. The molecule has 0 radical (unpaired) electrons. The Morgan fingerprint density at radius 2 is 0.770 bits per heavy atom. The van der Waals surface area contributed by atoms with Crippen molar-refractivity contribution in [3.63, 3.8) is 0 Å². The Hall–Kier alpha value is -5.10. The average molecular weight is 857 g/mol. The first-order chi connectivity index (χ1) is 28.9. The fourth-order valence-corrected chi connectivity index (χ4v) is 12.4. The molecule has 328 valence electrons. The first kappa shape index (κ1) is 44.0. The van der Waals surface area contributed by atoms with Crippen LogP contribution in [0.1, 0.15) is 129 Å². The van der Waals surface area contributed by atoms with Crippen LogP contribution in [0.2, 0.25) is 0 Å². The Labute approximate surface area is 361 Å². The van der Waals surface area contributed by atoms with E-state index in [1.807, 2.05) is 45.0 Å². The van der Waals surface area contributed by atoms with Crippen molar-refractivity contribution < 1.29 is 50.6 Å². The summed E-state index contributed by atoms with van der Waals surface area (Å²) in [6.07, 6.45) is 1.72. The van der Waals surface area contributed by atoms with E-state index in [9.17, 15) is 13.2 Å². The Bertz CT molecular complexity index is 2470. The molecule has 2 saturated carbocycles. The van der Waals surface area contributed by atoms with Gasteiger partial charge in [0, 0.05) is 98.9 Å². The molecule has 4 aromatic carbocycles. The quantitative estimate of drug-likeness (QED) is 0.134. The third-order valence-corrected chi connectivity index (χ3v) is 15.9. The van der Waals surface area contributed by atoms with E-state index < -0.39 is 32.6 Å². The first-order valence-electron chi connectivity index (χ1n) is 20.9. The second-order valence-electron chi connectivity index (χ2n) is 17.5. The summed E-state index contributed by atoms with van der Waals surface area (Å²) in [6, 6.07) is 15.6. The van der Waals surface area contributed by atoms with Crippen molar-refractivity contribution in [2.24, 2.45) is 16.7 Å². The molecule has 4 aromatic rings. The van der Waals surface area contributed by atoms with E-state index >= 15 is 0 Å². The zero-order valence-electron chi connectivity index (χ0n) is 37.7. The molecule has 10 bridgehead atoms. The van der Waals surface area contributed by atoms with E-state index in [0.717, 1.165) is 45.4 Å². The van der Waals surface area contributed by atoms with Gasteiger partial charge in [-0.05, 0) is 48.4 Å². The van der Waals surface area contributed by atoms with E-state index in [1.165, 1.54) is 0 Å². The van der Waals surface area contributed by atoms with E-state index in [1.54, 1.807) is 55.8 Å². The number of fused-ring (bicyclic) bond motifs is 10. The number of Topliss-reactive ketones (excluding diaryl/α,β-unsaturated/α-hetero) is 1. The summed E-state index contributed by atoms with van der Waals surface area (Å²) in [4.78, 5) is 13.5. The lowest BCUT2D eigenvalue weighted by Gasteiger charge is -2.36. The topological polar surface area (TPSA) is 125 Å². The maximum atomic E-state index is 14.4. The van der Waals surface area contributed by atoms with Crippen LogP contribution in [0.25, 0.3) is 0 Å². The molecule has 61 heavy (non-hydrogen) atoms. The molecule has 0 spiro atoms. The summed E-state index contributed by atoms with van der Waals surface area (Å²) in [7, 11) is 7.03. The number of ether oxygens (including phenoxy) is 7. The molecule has 3 aliphatic rings. The Balaban J connectivity index is 1.52. The van der Waals surface area contributed by atoms with Gasteiger partial charge in [0.05, 0.1) is 60.9 Å². The highest BCUT2D eigenvalue weighted by molar-refractivity contribution is 7.87. The molecule has 6 atom stereocenters. The summed E-state index contributed by atoms with van der Waals surface area (Å²) >= 11 is 0. The molecule has 0 saturated heterocycles. The highest BCUT2D eigenvalue weighted by Gasteiger charge is 2.65. The third kappa shape index (κ3) is 7.12. The van der Waals surface area contributed by atoms with Crippen LogP contribution in [0.15, 0.2) is 48.5 Å². The lowest BCUT2D eigenvalue weighted by atomic mass is 9.70. The molecule has 0 amide bonds. The van der Waals surface area contributed by atoms with Gasteiger partial charge >= 0.3 is 10.1 Å². The standard InChI is InChI=1S/C49H60O11S/c1-26-31-17-32(40(54-8)21-39(31)53-7)27(2)35-19-36(44(58-12)23-43(35)57-11)29(4)38-20-37(28(3)34-18-33(26)41(55-9)22-42(34)56-10)45(59-13)24-46(38)60-61(51,52)25-49-15-14-30(16-47(49)50)48(49,5)6/h17-24,26-30H,14-16,25H2,1-13H3/t26-,27-,28-,29-,30+,49+/m0/s1. The van der Waals surface area contributed by atoms with Gasteiger partial charge in [0.15, 0.2) is 0 Å². The van der Waals surface area contributed by atoms with Gasteiger partial charge in [-0.1, -0.05) is 41.5 Å². The van der Waals surface area contributed by atoms with Crippen molar-refractivity contribution in [3.05, 3.63) is 93.0 Å². The normalized spacial score (nSPS) is 23.9. The zero-order chi connectivity index (χ0) is 44.3. The Kier molecular flexibility index (Phi) is 11.8. The first-order valence-corrected chi connectivity index (χ1v) is 22.5. The van der Waals surface area contributed by atoms with Crippen LogP contribution >= 0.6 is 0 Å². The van der Waals surface area contributed by atoms with Crippen LogP contribution in [-0.2, 0) is 14.9 Å². The van der Waals surface area contributed by atoms with Crippen molar-refractivity contribution in [1.29, 1.82) is 0 Å². The van der Waals surface area contributed by atoms with Crippen molar-refractivity contribution in [3.8, 4) is 46.0 Å². The average Bonchev–Trinajstić information content (AvgIpc) is 3.60. The molecule has 11 nitrogen and oxygen atoms in total. The van der Waals surface area contributed by atoms with Gasteiger partial charge in [0.25, 0.3) is 0 Å². The zero-order valence-corrected chi connectivity index (χ0v) is 38.5. The third-order valence-electron chi connectivity index (χ3n) is 14.6. The summed E-state index contributed by atoms with van der Waals surface area (Å²) in [5.74, 6) is 2.64. The van der Waals surface area contributed by atoms with Crippen LogP contribution in [-0.4, -0.2) is 69.7 Å². The monoisotopic (exact) mass is 856 g/mol. The molecule has 2 fully saturated rings. The van der Waals surface area contributed by atoms with Gasteiger partial charge in [0.1, 0.15) is 51.8 Å². The van der Waals surface area contributed by atoms with E-state index in [0.29, 0.717) is 58.7 Å². The predicted molar refractivity (Wildman–Crippen MR) is 235 cm³/mol. The number of hydrogen-bond donors (Lipinski definition) is 0. The molecule has 7 rings (SSSR count). The fourth-order valence-electron chi connectivity index (χ4n) is 10.6. The molecule has 0 aromatic heterocycles. The predicted octanol–water partition coefficient (Wildman–Crippen LogP) is 9.77. The van der Waals surface area contributed by atoms with Crippen molar-refractivity contribution in [2.75, 3.05) is 55.5 Å². The highest BCUT2D eigenvalue weighted by atomic mass is 32.2. The SMILES string of the molecule is COc1cc(OC)c2cc1[C@H](C)c1cc(c(OC)cc1OC)[C@H](C)c1cc(c(OS(=O)(=O)C[C@]34CC[C@H](CC3=O)C4(C)C)cc1OC)[C@@H](C)c1cc(c(OC)cc1OC)[C@H]2C. The highest BCUT2D eigenvalue weighted by Crippen LogP contribution is 2.64. The fraction of sp³-hybridized carbons (Fsp3) is 0.490. The molecule has 12 heteroatoms. The summed E-state index contributed by atoms with van der Waals surface area (Å²) < 4.78 is 77.4. The molecular weight excluding hydrogens is 797 g/mol. The molecule has 0 unspecified atom stereocenters. The molecule has 0 aliphatic heterocycles.